The molecule has 0 aromatic heterocycles. The SMILES string of the molecule is C[C@]1(O)C=CC(=O)NC1=O.C[C@]1(O)C=CC(=O)NC1=O. The maximum absolute atomic E-state index is 10.7. The summed E-state index contributed by atoms with van der Waals surface area (Å²) in [6.07, 6.45) is 4.57. The summed E-state index contributed by atoms with van der Waals surface area (Å²) in [6.45, 7) is 2.62. The van der Waals surface area contributed by atoms with Gasteiger partial charge in [-0.15, -0.1) is 0 Å². The highest BCUT2D eigenvalue weighted by Crippen LogP contribution is 2.09. The average molecular weight is 282 g/mol. The van der Waals surface area contributed by atoms with E-state index in [1.165, 1.54) is 13.8 Å². The van der Waals surface area contributed by atoms with E-state index in [0.717, 1.165) is 24.3 Å². The van der Waals surface area contributed by atoms with E-state index in [1.807, 2.05) is 10.6 Å². The largest absolute Gasteiger partial charge is 0.376 e. The molecule has 0 radical (unpaired) electrons. The van der Waals surface area contributed by atoms with Gasteiger partial charge in [0.1, 0.15) is 0 Å². The minimum atomic E-state index is -1.53. The summed E-state index contributed by atoms with van der Waals surface area (Å²) in [5.74, 6) is -2.34. The molecule has 0 aromatic carbocycles. The van der Waals surface area contributed by atoms with Crippen molar-refractivity contribution in [3.63, 3.8) is 0 Å². The van der Waals surface area contributed by atoms with Crippen LogP contribution in [-0.4, -0.2) is 45.0 Å². The molecule has 0 saturated carbocycles. The van der Waals surface area contributed by atoms with E-state index < -0.39 is 34.8 Å². The lowest BCUT2D eigenvalue weighted by Gasteiger charge is -2.20. The van der Waals surface area contributed by atoms with Crippen LogP contribution in [0.15, 0.2) is 24.3 Å². The van der Waals surface area contributed by atoms with Crippen molar-refractivity contribution < 1.29 is 29.4 Å². The summed E-state index contributed by atoms with van der Waals surface area (Å²) in [4.78, 5) is 42.2. The third-order valence-electron chi connectivity index (χ3n) is 2.51. The smallest absolute Gasteiger partial charge is 0.262 e. The summed E-state index contributed by atoms with van der Waals surface area (Å²) < 4.78 is 0. The van der Waals surface area contributed by atoms with Crippen LogP contribution < -0.4 is 10.6 Å². The molecule has 8 nitrogen and oxygen atoms in total. The van der Waals surface area contributed by atoms with Crippen molar-refractivity contribution in [1.29, 1.82) is 0 Å². The van der Waals surface area contributed by atoms with E-state index in [-0.39, 0.29) is 0 Å². The fourth-order valence-electron chi connectivity index (χ4n) is 1.19. The molecule has 4 N–H and O–H groups in total. The minimum absolute atomic E-state index is 0.489. The van der Waals surface area contributed by atoms with Crippen molar-refractivity contribution in [3.8, 4) is 0 Å². The van der Waals surface area contributed by atoms with Crippen LogP contribution in [0.4, 0.5) is 0 Å². The molecule has 2 aliphatic rings. The molecular formula is C12H14N2O6. The van der Waals surface area contributed by atoms with Crippen LogP contribution in [0.3, 0.4) is 0 Å². The summed E-state index contributed by atoms with van der Waals surface area (Å²) >= 11 is 0. The molecule has 0 aliphatic carbocycles. The molecule has 20 heavy (non-hydrogen) atoms. The zero-order chi connectivity index (χ0) is 15.6. The Hall–Kier alpha value is -2.32. The van der Waals surface area contributed by atoms with Gasteiger partial charge in [0, 0.05) is 12.2 Å². The molecule has 2 rings (SSSR count). The molecule has 4 amide bonds. The standard InChI is InChI=1S/2C6H7NO3/c2*1-6(10)3-2-4(8)7-5(6)9/h2*2-3,10H,1H3,(H,7,8,9)/t2*6-/m00/s1. The van der Waals surface area contributed by atoms with E-state index in [1.54, 1.807) is 0 Å². The van der Waals surface area contributed by atoms with E-state index in [4.69, 9.17) is 10.2 Å². The first-order valence-electron chi connectivity index (χ1n) is 5.59. The van der Waals surface area contributed by atoms with E-state index in [2.05, 4.69) is 0 Å². The van der Waals surface area contributed by atoms with E-state index >= 15 is 0 Å². The van der Waals surface area contributed by atoms with Crippen molar-refractivity contribution in [1.82, 2.24) is 10.6 Å². The molecule has 0 fully saturated rings. The van der Waals surface area contributed by atoms with Gasteiger partial charge in [0.25, 0.3) is 11.8 Å². The third kappa shape index (κ3) is 3.84. The van der Waals surface area contributed by atoms with Crippen molar-refractivity contribution >= 4 is 23.6 Å². The molecule has 2 heterocycles. The molecule has 0 spiro atoms. The van der Waals surface area contributed by atoms with Crippen molar-refractivity contribution in [3.05, 3.63) is 24.3 Å². The maximum Gasteiger partial charge on any atom is 0.262 e. The summed E-state index contributed by atoms with van der Waals surface area (Å²) in [5, 5.41) is 22.1. The Morgan fingerprint density at radius 2 is 1.10 bits per heavy atom. The van der Waals surface area contributed by atoms with Gasteiger partial charge in [-0.2, -0.15) is 0 Å². The maximum atomic E-state index is 10.7. The average Bonchev–Trinajstić information content (AvgIpc) is 2.32. The zero-order valence-electron chi connectivity index (χ0n) is 10.8. The van der Waals surface area contributed by atoms with E-state index in [0.29, 0.717) is 0 Å². The minimum Gasteiger partial charge on any atom is -0.376 e. The Kier molecular flexibility index (Phi) is 4.21. The number of imide groups is 2. The van der Waals surface area contributed by atoms with Gasteiger partial charge in [0.05, 0.1) is 0 Å². The molecule has 0 saturated heterocycles. The van der Waals surface area contributed by atoms with Gasteiger partial charge < -0.3 is 10.2 Å². The highest BCUT2D eigenvalue weighted by atomic mass is 16.3. The van der Waals surface area contributed by atoms with Gasteiger partial charge in [0.2, 0.25) is 11.8 Å². The third-order valence-corrected chi connectivity index (χ3v) is 2.51. The van der Waals surface area contributed by atoms with Crippen LogP contribution in [-0.2, 0) is 19.2 Å². The van der Waals surface area contributed by atoms with Crippen molar-refractivity contribution in [2.24, 2.45) is 0 Å². The molecule has 108 valence electrons. The first kappa shape index (κ1) is 15.7. The number of carbonyl (C=O) groups is 4. The Morgan fingerprint density at radius 1 is 0.800 bits per heavy atom. The Bertz CT molecular complexity index is 482. The predicted octanol–water partition coefficient (Wildman–Crippen LogP) is -2.10. The van der Waals surface area contributed by atoms with Gasteiger partial charge in [-0.05, 0) is 26.0 Å². The van der Waals surface area contributed by atoms with Crippen LogP contribution >= 0.6 is 0 Å². The van der Waals surface area contributed by atoms with Gasteiger partial charge >= 0.3 is 0 Å². The first-order valence-corrected chi connectivity index (χ1v) is 5.59. The van der Waals surface area contributed by atoms with Crippen molar-refractivity contribution in [2.45, 2.75) is 25.0 Å². The number of aliphatic hydroxyl groups is 2. The van der Waals surface area contributed by atoms with Gasteiger partial charge in [-0.1, -0.05) is 0 Å². The molecule has 8 heteroatoms. The number of carbonyl (C=O) groups excluding carboxylic acids is 4. The summed E-state index contributed by atoms with van der Waals surface area (Å²) in [6, 6.07) is 0. The lowest BCUT2D eigenvalue weighted by Crippen LogP contribution is -2.48. The van der Waals surface area contributed by atoms with Gasteiger partial charge in [-0.25, -0.2) is 0 Å². The quantitative estimate of drug-likeness (QED) is 0.376. The van der Waals surface area contributed by atoms with Crippen LogP contribution in [0.25, 0.3) is 0 Å². The molecule has 0 unspecified atom stereocenters. The fraction of sp³-hybridized carbons (Fsp3) is 0.333. The Balaban J connectivity index is 0.000000200. The lowest BCUT2D eigenvalue weighted by atomic mass is 10.0. The number of amides is 4. The number of hydrogen-bond acceptors (Lipinski definition) is 6. The van der Waals surface area contributed by atoms with Crippen LogP contribution in [0.2, 0.25) is 0 Å². The lowest BCUT2D eigenvalue weighted by molar-refractivity contribution is -0.140. The first-order chi connectivity index (χ1) is 9.04. The monoisotopic (exact) mass is 282 g/mol. The molecular weight excluding hydrogens is 268 g/mol. The fourth-order valence-corrected chi connectivity index (χ4v) is 1.19. The molecule has 2 atom stereocenters. The van der Waals surface area contributed by atoms with Gasteiger partial charge in [-0.3, -0.25) is 29.8 Å². The normalized spacial score (nSPS) is 32.2. The molecule has 0 bridgehead atoms. The van der Waals surface area contributed by atoms with Crippen LogP contribution in [0.1, 0.15) is 13.8 Å². The second kappa shape index (κ2) is 5.35. The zero-order valence-corrected chi connectivity index (χ0v) is 10.8. The predicted molar refractivity (Wildman–Crippen MR) is 65.8 cm³/mol. The Morgan fingerprint density at radius 3 is 1.30 bits per heavy atom. The number of rotatable bonds is 0. The molecule has 0 aromatic rings. The number of hydrogen-bond donors (Lipinski definition) is 4. The van der Waals surface area contributed by atoms with Gasteiger partial charge in [0.15, 0.2) is 11.2 Å². The number of nitrogens with one attached hydrogen (secondary N) is 2. The molecule has 2 aliphatic heterocycles. The topological polar surface area (TPSA) is 133 Å². The second-order valence-corrected chi connectivity index (χ2v) is 4.60. The van der Waals surface area contributed by atoms with Crippen molar-refractivity contribution in [2.75, 3.05) is 0 Å². The highest BCUT2D eigenvalue weighted by molar-refractivity contribution is 6.08. The second-order valence-electron chi connectivity index (χ2n) is 4.60. The Labute approximate surface area is 114 Å². The summed E-state index contributed by atoms with van der Waals surface area (Å²) in [7, 11) is 0. The summed E-state index contributed by atoms with van der Waals surface area (Å²) in [5.41, 5.74) is -3.07. The highest BCUT2D eigenvalue weighted by Gasteiger charge is 2.32. The van der Waals surface area contributed by atoms with Crippen LogP contribution in [0, 0.1) is 0 Å². The van der Waals surface area contributed by atoms with E-state index in [9.17, 15) is 19.2 Å². The van der Waals surface area contributed by atoms with Crippen LogP contribution in [0.5, 0.6) is 0 Å².